The number of carbonyl (C=O) groups is 8. The van der Waals surface area contributed by atoms with E-state index in [1.807, 2.05) is 0 Å². The highest BCUT2D eigenvalue weighted by atomic mass is 16.8. The molecule has 0 bridgehead atoms. The summed E-state index contributed by atoms with van der Waals surface area (Å²) < 4.78 is 68.4. The van der Waals surface area contributed by atoms with E-state index in [1.54, 1.807) is 6.92 Å². The molecule has 0 aromatic rings. The van der Waals surface area contributed by atoms with Gasteiger partial charge in [0.1, 0.15) is 25.4 Å². The van der Waals surface area contributed by atoms with E-state index in [-0.39, 0.29) is 5.97 Å². The molecule has 370 valence electrons. The Hall–Kier alpha value is -4.66. The topological polar surface area (TPSA) is 247 Å². The number of methoxy groups -OCH3 is 1. The van der Waals surface area contributed by atoms with Crippen LogP contribution in [0.5, 0.6) is 0 Å². The van der Waals surface area contributed by atoms with Crippen LogP contribution in [0.4, 0.5) is 0 Å². The molecule has 0 spiro atoms. The molecule has 0 aromatic carbocycles. The molecule has 2 heterocycles. The average Bonchev–Trinajstić information content (AvgIpc) is 3.21. The Morgan fingerprint density at radius 3 is 1.34 bits per heavy atom. The molecule has 20 heteroatoms. The fourth-order valence-corrected chi connectivity index (χ4v) is 7.32. The monoisotopic (exact) mass is 930 g/mol. The second kappa shape index (κ2) is 30.5. The summed E-state index contributed by atoms with van der Waals surface area (Å²) in [5, 5.41) is 0. The van der Waals surface area contributed by atoms with Crippen molar-refractivity contribution in [3.63, 3.8) is 0 Å². The van der Waals surface area contributed by atoms with Crippen LogP contribution < -0.4 is 0 Å². The molecular weight excluding hydrogens is 860 g/mol. The predicted molar refractivity (Wildman–Crippen MR) is 225 cm³/mol. The average molecular weight is 931 g/mol. The molecule has 2 saturated heterocycles. The van der Waals surface area contributed by atoms with Crippen LogP contribution in [0.1, 0.15) is 139 Å². The number of unbranched alkanes of at least 4 members (excludes halogenated alkanes) is 9. The van der Waals surface area contributed by atoms with E-state index < -0.39 is 123 Å². The van der Waals surface area contributed by atoms with Gasteiger partial charge in [-0.25, -0.2) is 0 Å². The van der Waals surface area contributed by atoms with E-state index in [2.05, 4.69) is 16.9 Å². The lowest BCUT2D eigenvalue weighted by Gasteiger charge is -2.49. The summed E-state index contributed by atoms with van der Waals surface area (Å²) in [4.78, 5) is 97.7. The maximum absolute atomic E-state index is 12.7. The van der Waals surface area contributed by atoms with Crippen LogP contribution in [0.3, 0.4) is 0 Å². The maximum atomic E-state index is 12.7. The minimum absolute atomic E-state index is 0.167. The van der Waals surface area contributed by atoms with Crippen molar-refractivity contribution in [2.24, 2.45) is 0 Å². The second-order valence-corrected chi connectivity index (χ2v) is 16.0. The van der Waals surface area contributed by atoms with Crippen LogP contribution in [0.2, 0.25) is 0 Å². The molecule has 2 fully saturated rings. The molecule has 0 saturated carbocycles. The van der Waals surface area contributed by atoms with Gasteiger partial charge in [0.2, 0.25) is 0 Å². The van der Waals surface area contributed by atoms with Crippen LogP contribution in [-0.4, -0.2) is 136 Å². The number of allylic oxidation sites excluding steroid dienone is 2. The molecule has 0 aliphatic carbocycles. The Labute approximate surface area is 381 Å². The summed E-state index contributed by atoms with van der Waals surface area (Å²) in [5.74, 6) is -5.87. The summed E-state index contributed by atoms with van der Waals surface area (Å²) in [6, 6.07) is 0. The lowest BCUT2D eigenvalue weighted by atomic mass is 9.96. The molecule has 20 nitrogen and oxygen atoms in total. The van der Waals surface area contributed by atoms with Crippen molar-refractivity contribution >= 4 is 47.8 Å². The zero-order chi connectivity index (χ0) is 48.5. The first kappa shape index (κ1) is 56.5. The van der Waals surface area contributed by atoms with Crippen molar-refractivity contribution in [3.8, 4) is 0 Å². The summed E-state index contributed by atoms with van der Waals surface area (Å²) >= 11 is 0. The highest BCUT2D eigenvalue weighted by Crippen LogP contribution is 2.36. The van der Waals surface area contributed by atoms with E-state index in [4.69, 9.17) is 52.1 Å². The van der Waals surface area contributed by atoms with Crippen LogP contribution in [0.15, 0.2) is 12.2 Å². The molecule has 0 N–H and O–H groups in total. The van der Waals surface area contributed by atoms with Gasteiger partial charge in [-0.05, 0) is 45.4 Å². The van der Waals surface area contributed by atoms with Crippen molar-refractivity contribution in [2.75, 3.05) is 20.3 Å². The van der Waals surface area contributed by atoms with Gasteiger partial charge < -0.3 is 56.8 Å². The van der Waals surface area contributed by atoms with E-state index in [0.29, 0.717) is 12.8 Å². The first-order chi connectivity index (χ1) is 30.8. The van der Waals surface area contributed by atoms with E-state index in [9.17, 15) is 38.4 Å². The van der Waals surface area contributed by atoms with Crippen molar-refractivity contribution in [2.45, 2.75) is 206 Å². The minimum atomic E-state index is -1.77. The summed E-state index contributed by atoms with van der Waals surface area (Å²) in [6.07, 6.45) is 0.355. The van der Waals surface area contributed by atoms with Crippen LogP contribution in [0, 0.1) is 0 Å². The molecule has 0 amide bonds. The molecule has 0 aromatic heterocycles. The molecule has 11 atom stereocenters. The molecular formula is C45H70O20. The maximum Gasteiger partial charge on any atom is 0.305 e. The number of hydrogen-bond acceptors (Lipinski definition) is 20. The standard InChI is InChI=1S/C45H70O20/c1-27(23-21-19-17-15-13-11-10-12-14-16-18-20-22-24-37(53)54-9)57-44-43(41(61-33(7)51)39(59-31(5)49)35(63-44)25-55-28(2)46)65-45-42(62-34(8)52)40(60-32(6)50)38(58-30(4)48)36(64-45)26-56-29(3)47/h10-11,27,35-36,38-45H,12-26H2,1-9H3/b11-10-. The largest absolute Gasteiger partial charge is 0.469 e. The van der Waals surface area contributed by atoms with Crippen LogP contribution >= 0.6 is 0 Å². The summed E-state index contributed by atoms with van der Waals surface area (Å²) in [5.41, 5.74) is 0. The van der Waals surface area contributed by atoms with Gasteiger partial charge in [0, 0.05) is 54.9 Å². The quantitative estimate of drug-likeness (QED) is 0.0442. The van der Waals surface area contributed by atoms with Crippen molar-refractivity contribution in [1.82, 2.24) is 0 Å². The molecule has 2 aliphatic heterocycles. The highest BCUT2D eigenvalue weighted by molar-refractivity contribution is 5.70. The SMILES string of the molecule is COC(=O)CCCCCCC/C=C\CCCCCCC(C)OC1OC(COC(C)=O)C(OC(C)=O)C(OC(C)=O)C1OC1OC(COC(C)=O)C(OC(C)=O)C(OC(C)=O)C1OC(C)=O. The van der Waals surface area contributed by atoms with Gasteiger partial charge in [-0.2, -0.15) is 0 Å². The van der Waals surface area contributed by atoms with Gasteiger partial charge in [-0.15, -0.1) is 0 Å². The first-order valence-corrected chi connectivity index (χ1v) is 22.3. The lowest BCUT2D eigenvalue weighted by Crippen LogP contribution is -2.67. The van der Waals surface area contributed by atoms with Crippen molar-refractivity contribution in [3.05, 3.63) is 12.2 Å². The third-order valence-corrected chi connectivity index (χ3v) is 10.1. The lowest BCUT2D eigenvalue weighted by molar-refractivity contribution is -0.372. The Morgan fingerprint density at radius 2 is 0.877 bits per heavy atom. The summed E-state index contributed by atoms with van der Waals surface area (Å²) in [7, 11) is 1.40. The van der Waals surface area contributed by atoms with Gasteiger partial charge in [0.25, 0.3) is 0 Å². The molecule has 0 radical (unpaired) electrons. The van der Waals surface area contributed by atoms with Gasteiger partial charge in [0.05, 0.1) is 13.2 Å². The van der Waals surface area contributed by atoms with Crippen molar-refractivity contribution < 1.29 is 95.2 Å². The zero-order valence-electron chi connectivity index (χ0n) is 39.3. The number of rotatable bonds is 28. The zero-order valence-corrected chi connectivity index (χ0v) is 39.3. The van der Waals surface area contributed by atoms with E-state index in [1.165, 1.54) is 7.11 Å². The number of ether oxygens (including phenoxy) is 12. The molecule has 65 heavy (non-hydrogen) atoms. The second-order valence-electron chi connectivity index (χ2n) is 16.0. The van der Waals surface area contributed by atoms with Gasteiger partial charge >= 0.3 is 47.8 Å². The molecule has 2 aliphatic rings. The highest BCUT2D eigenvalue weighted by Gasteiger charge is 2.58. The smallest absolute Gasteiger partial charge is 0.305 e. The Bertz CT molecular complexity index is 1560. The molecule has 2 rings (SSSR count). The Kier molecular flexibility index (Phi) is 26.5. The van der Waals surface area contributed by atoms with Gasteiger partial charge in [-0.1, -0.05) is 50.7 Å². The fourth-order valence-electron chi connectivity index (χ4n) is 7.32. The third kappa shape index (κ3) is 22.4. The van der Waals surface area contributed by atoms with Crippen LogP contribution in [-0.2, 0) is 95.2 Å². The third-order valence-electron chi connectivity index (χ3n) is 10.1. The first-order valence-electron chi connectivity index (χ1n) is 22.3. The Balaban J connectivity index is 2.33. The van der Waals surface area contributed by atoms with Gasteiger partial charge in [-0.3, -0.25) is 38.4 Å². The number of carbonyl (C=O) groups excluding carboxylic acids is 8. The van der Waals surface area contributed by atoms with Gasteiger partial charge in [0.15, 0.2) is 49.2 Å². The normalized spacial score (nSPS) is 25.7. The van der Waals surface area contributed by atoms with Crippen LogP contribution in [0.25, 0.3) is 0 Å². The minimum Gasteiger partial charge on any atom is -0.469 e. The molecule has 11 unspecified atom stereocenters. The number of esters is 8. The number of hydrogen-bond donors (Lipinski definition) is 0. The van der Waals surface area contributed by atoms with Crippen molar-refractivity contribution in [1.29, 1.82) is 0 Å². The summed E-state index contributed by atoms with van der Waals surface area (Å²) in [6.45, 7) is 8.46. The van der Waals surface area contributed by atoms with E-state index in [0.717, 1.165) is 119 Å². The van der Waals surface area contributed by atoms with E-state index >= 15 is 0 Å². The fraction of sp³-hybridized carbons (Fsp3) is 0.778. The Morgan fingerprint density at radius 1 is 0.477 bits per heavy atom. The predicted octanol–water partition coefficient (Wildman–Crippen LogP) is 4.81.